The second-order valence-corrected chi connectivity index (χ2v) is 9.92. The van der Waals surface area contributed by atoms with E-state index in [0.717, 1.165) is 28.4 Å². The van der Waals surface area contributed by atoms with E-state index in [1.807, 2.05) is 48.5 Å². The van der Waals surface area contributed by atoms with E-state index in [4.69, 9.17) is 21.3 Å². The zero-order valence-corrected chi connectivity index (χ0v) is 22.4. The van der Waals surface area contributed by atoms with Crippen molar-refractivity contribution in [3.63, 3.8) is 0 Å². The molecule has 5 nitrogen and oxygen atoms in total. The van der Waals surface area contributed by atoms with Crippen LogP contribution in [-0.2, 0) is 13.0 Å². The Morgan fingerprint density at radius 3 is 2.65 bits per heavy atom. The predicted molar refractivity (Wildman–Crippen MR) is 145 cm³/mol. The van der Waals surface area contributed by atoms with Crippen LogP contribution in [0.15, 0.2) is 79.5 Å². The molecule has 1 heterocycles. The van der Waals surface area contributed by atoms with Crippen LogP contribution in [0.3, 0.4) is 0 Å². The van der Waals surface area contributed by atoms with Crippen LogP contribution < -0.4 is 10.3 Å². The zero-order chi connectivity index (χ0) is 24.1. The summed E-state index contributed by atoms with van der Waals surface area (Å²) in [5, 5.41) is 5.45. The van der Waals surface area contributed by atoms with Gasteiger partial charge in [-0.3, -0.25) is 4.79 Å². The molecule has 0 atom stereocenters. The molecular formula is C26H22Br2ClN3O2. The first-order valence-electron chi connectivity index (χ1n) is 10.9. The lowest BCUT2D eigenvalue weighted by Crippen LogP contribution is -2.22. The molecule has 0 saturated carbocycles. The van der Waals surface area contributed by atoms with E-state index in [1.165, 1.54) is 4.68 Å². The molecular weight excluding hydrogens is 582 g/mol. The van der Waals surface area contributed by atoms with E-state index >= 15 is 0 Å². The first-order chi connectivity index (χ1) is 16.5. The third kappa shape index (κ3) is 5.77. The summed E-state index contributed by atoms with van der Waals surface area (Å²) in [5.41, 5.74) is 2.23. The highest BCUT2D eigenvalue weighted by Crippen LogP contribution is 2.34. The van der Waals surface area contributed by atoms with Crippen LogP contribution in [-0.4, -0.2) is 15.9 Å². The van der Waals surface area contributed by atoms with Crippen LogP contribution in [0.2, 0.25) is 5.02 Å². The number of hydrogen-bond donors (Lipinski definition) is 0. The molecule has 0 aliphatic heterocycles. The zero-order valence-electron chi connectivity index (χ0n) is 18.5. The maximum atomic E-state index is 13.2. The smallest absolute Gasteiger partial charge is 0.282 e. The van der Waals surface area contributed by atoms with Crippen molar-refractivity contribution in [1.82, 2.24) is 9.66 Å². The van der Waals surface area contributed by atoms with Gasteiger partial charge in [0.25, 0.3) is 5.56 Å². The van der Waals surface area contributed by atoms with E-state index in [9.17, 15) is 4.79 Å². The van der Waals surface area contributed by atoms with E-state index in [-0.39, 0.29) is 5.56 Å². The standard InChI is InChI=1S/C26H22Br2ClN3O2/c1-2-3-9-24-31-23-11-10-19(27)14-20(23)26(33)32(24)30-15-18-12-21(28)25(22(29)13-18)34-16-17-7-5-4-6-8-17/h4-8,10-15H,2-3,9,16H2,1H3. The highest BCUT2D eigenvalue weighted by molar-refractivity contribution is 9.10. The maximum absolute atomic E-state index is 13.2. The summed E-state index contributed by atoms with van der Waals surface area (Å²) in [6, 6.07) is 19.0. The van der Waals surface area contributed by atoms with E-state index < -0.39 is 0 Å². The summed E-state index contributed by atoms with van der Waals surface area (Å²) in [4.78, 5) is 17.9. The predicted octanol–water partition coefficient (Wildman–Crippen LogP) is 7.38. The Kier molecular flexibility index (Phi) is 8.19. The number of unbranched alkanes of at least 4 members (excludes halogenated alkanes) is 1. The topological polar surface area (TPSA) is 56.5 Å². The van der Waals surface area contributed by atoms with Gasteiger partial charge in [0.2, 0.25) is 0 Å². The van der Waals surface area contributed by atoms with Gasteiger partial charge < -0.3 is 4.74 Å². The molecule has 0 unspecified atom stereocenters. The molecule has 4 aromatic rings. The lowest BCUT2D eigenvalue weighted by Gasteiger charge is -2.11. The summed E-state index contributed by atoms with van der Waals surface area (Å²) >= 11 is 13.5. The minimum Gasteiger partial charge on any atom is -0.486 e. The number of fused-ring (bicyclic) bond motifs is 1. The van der Waals surface area contributed by atoms with Gasteiger partial charge in [0.15, 0.2) is 5.75 Å². The summed E-state index contributed by atoms with van der Waals surface area (Å²) < 4.78 is 8.82. The monoisotopic (exact) mass is 601 g/mol. The molecule has 0 amide bonds. The molecule has 1 aromatic heterocycles. The first-order valence-corrected chi connectivity index (χ1v) is 12.8. The summed E-state index contributed by atoms with van der Waals surface area (Å²) in [6.45, 7) is 2.51. The molecule has 4 rings (SSSR count). The number of hydrogen-bond acceptors (Lipinski definition) is 4. The van der Waals surface area contributed by atoms with E-state index in [2.05, 4.69) is 43.9 Å². The second-order valence-electron chi connectivity index (χ2n) is 7.74. The Bertz CT molecular complexity index is 1380. The van der Waals surface area contributed by atoms with E-state index in [0.29, 0.717) is 45.0 Å². The number of halogens is 3. The molecule has 34 heavy (non-hydrogen) atoms. The Morgan fingerprint density at radius 2 is 1.91 bits per heavy atom. The lowest BCUT2D eigenvalue weighted by molar-refractivity contribution is 0.304. The highest BCUT2D eigenvalue weighted by atomic mass is 79.9. The number of nitrogens with zero attached hydrogens (tertiary/aromatic N) is 3. The van der Waals surface area contributed by atoms with Crippen molar-refractivity contribution >= 4 is 60.6 Å². The fourth-order valence-electron chi connectivity index (χ4n) is 3.46. The normalized spacial score (nSPS) is 11.4. The molecule has 0 aliphatic carbocycles. The van der Waals surface area contributed by atoms with Gasteiger partial charge in [0.1, 0.15) is 12.4 Å². The van der Waals surface area contributed by atoms with Gasteiger partial charge in [-0.25, -0.2) is 4.98 Å². The molecule has 3 aromatic carbocycles. The number of rotatable bonds is 8. The largest absolute Gasteiger partial charge is 0.486 e. The number of aryl methyl sites for hydroxylation is 1. The average molecular weight is 604 g/mol. The van der Waals surface area contributed by atoms with Gasteiger partial charge in [-0.05, 0) is 63.8 Å². The Balaban J connectivity index is 1.65. The van der Waals surface area contributed by atoms with Crippen molar-refractivity contribution in [2.45, 2.75) is 32.8 Å². The fraction of sp³-hybridized carbons (Fsp3) is 0.192. The van der Waals surface area contributed by atoms with Crippen molar-refractivity contribution in [2.75, 3.05) is 0 Å². The van der Waals surface area contributed by atoms with Crippen molar-refractivity contribution in [1.29, 1.82) is 0 Å². The van der Waals surface area contributed by atoms with Gasteiger partial charge in [-0.2, -0.15) is 9.78 Å². The van der Waals surface area contributed by atoms with Gasteiger partial charge in [0.05, 0.1) is 26.6 Å². The van der Waals surface area contributed by atoms with Gasteiger partial charge >= 0.3 is 0 Å². The van der Waals surface area contributed by atoms with Crippen molar-refractivity contribution in [2.24, 2.45) is 5.10 Å². The summed E-state index contributed by atoms with van der Waals surface area (Å²) in [7, 11) is 0. The number of ether oxygens (including phenoxy) is 1. The molecule has 0 fully saturated rings. The SMILES string of the molecule is CCCCc1nc2ccc(Br)cc2c(=O)n1N=Cc1cc(Cl)c(OCc2ccccc2)c(Br)c1. The molecule has 0 spiro atoms. The molecule has 0 N–H and O–H groups in total. The number of benzene rings is 3. The lowest BCUT2D eigenvalue weighted by atomic mass is 10.2. The van der Waals surface area contributed by atoms with Crippen LogP contribution in [0.5, 0.6) is 5.75 Å². The minimum atomic E-state index is -0.207. The Hall–Kier alpha value is -2.48. The second kappa shape index (κ2) is 11.3. The fourth-order valence-corrected chi connectivity index (χ4v) is 4.81. The first kappa shape index (κ1) is 24.6. The molecule has 8 heteroatoms. The Morgan fingerprint density at radius 1 is 1.12 bits per heavy atom. The molecule has 0 radical (unpaired) electrons. The van der Waals surface area contributed by atoms with Crippen LogP contribution >= 0.6 is 43.5 Å². The third-order valence-corrected chi connectivity index (χ3v) is 6.56. The summed E-state index contributed by atoms with van der Waals surface area (Å²) in [5.74, 6) is 1.19. The van der Waals surface area contributed by atoms with Crippen molar-refractivity contribution in [3.05, 3.63) is 102 Å². The van der Waals surface area contributed by atoms with Crippen LogP contribution in [0, 0.1) is 0 Å². The average Bonchev–Trinajstić information content (AvgIpc) is 2.83. The van der Waals surface area contributed by atoms with Gasteiger partial charge in [-0.1, -0.05) is 71.2 Å². The minimum absolute atomic E-state index is 0.207. The van der Waals surface area contributed by atoms with Crippen LogP contribution in [0.1, 0.15) is 36.7 Å². The Labute approximate surface area is 219 Å². The third-order valence-electron chi connectivity index (χ3n) is 5.20. The van der Waals surface area contributed by atoms with Gasteiger partial charge in [0, 0.05) is 10.9 Å². The molecule has 0 saturated heterocycles. The van der Waals surface area contributed by atoms with E-state index in [1.54, 1.807) is 18.3 Å². The van der Waals surface area contributed by atoms with Crippen molar-refractivity contribution in [3.8, 4) is 5.75 Å². The van der Waals surface area contributed by atoms with Crippen LogP contribution in [0.25, 0.3) is 10.9 Å². The maximum Gasteiger partial charge on any atom is 0.282 e. The highest BCUT2D eigenvalue weighted by Gasteiger charge is 2.12. The molecule has 174 valence electrons. The summed E-state index contributed by atoms with van der Waals surface area (Å²) in [6.07, 6.45) is 4.17. The molecule has 0 bridgehead atoms. The number of aromatic nitrogens is 2. The van der Waals surface area contributed by atoms with Crippen molar-refractivity contribution < 1.29 is 4.74 Å². The molecule has 0 aliphatic rings. The quantitative estimate of drug-likeness (QED) is 0.198. The van der Waals surface area contributed by atoms with Crippen LogP contribution in [0.4, 0.5) is 0 Å². The van der Waals surface area contributed by atoms with Gasteiger partial charge in [-0.15, -0.1) is 0 Å².